The molecule has 1 fully saturated rings. The van der Waals surface area contributed by atoms with Crippen LogP contribution in [-0.2, 0) is 13.6 Å². The van der Waals surface area contributed by atoms with Crippen molar-refractivity contribution in [3.63, 3.8) is 0 Å². The molecule has 0 aliphatic carbocycles. The minimum absolute atomic E-state index is 0.103. The van der Waals surface area contributed by atoms with Crippen molar-refractivity contribution in [3.8, 4) is 0 Å². The van der Waals surface area contributed by atoms with Gasteiger partial charge in [0, 0.05) is 31.4 Å². The number of aromatic nitrogens is 2. The van der Waals surface area contributed by atoms with Crippen molar-refractivity contribution in [2.45, 2.75) is 19.4 Å². The molecule has 1 saturated heterocycles. The molecule has 1 aliphatic rings. The molecule has 4 nitrogen and oxygen atoms in total. The summed E-state index contributed by atoms with van der Waals surface area (Å²) < 4.78 is 3.79. The van der Waals surface area contributed by atoms with Gasteiger partial charge in [-0.15, -0.1) is 0 Å². The highest BCUT2D eigenvalue weighted by Gasteiger charge is 2.15. The van der Waals surface area contributed by atoms with Crippen molar-refractivity contribution in [2.24, 2.45) is 13.0 Å². The minimum Gasteiger partial charge on any atom is -0.343 e. The van der Waals surface area contributed by atoms with E-state index in [9.17, 15) is 4.79 Å². The highest BCUT2D eigenvalue weighted by molar-refractivity contribution is 5.78. The summed E-state index contributed by atoms with van der Waals surface area (Å²) in [5, 5.41) is 4.43. The number of nitrogens with zero attached hydrogens (tertiary/aromatic N) is 2. The Kier molecular flexibility index (Phi) is 2.96. The molecule has 1 N–H and O–H groups in total. The number of hydrogen-bond donors (Lipinski definition) is 1. The van der Waals surface area contributed by atoms with Crippen LogP contribution in [0, 0.1) is 5.92 Å². The van der Waals surface area contributed by atoms with Crippen molar-refractivity contribution < 1.29 is 0 Å². The van der Waals surface area contributed by atoms with E-state index in [0.29, 0.717) is 5.92 Å². The molecule has 4 heteroatoms. The van der Waals surface area contributed by atoms with Crippen molar-refractivity contribution in [1.82, 2.24) is 14.5 Å². The summed E-state index contributed by atoms with van der Waals surface area (Å²) in [5.74, 6) is 0.687. The van der Waals surface area contributed by atoms with Gasteiger partial charge in [-0.2, -0.15) is 0 Å². The second-order valence-corrected chi connectivity index (χ2v) is 5.20. The van der Waals surface area contributed by atoms with Gasteiger partial charge in [0.2, 0.25) is 0 Å². The second-order valence-electron chi connectivity index (χ2n) is 5.20. The smallest absolute Gasteiger partial charge is 0.274 e. The van der Waals surface area contributed by atoms with Gasteiger partial charge in [-0.1, -0.05) is 0 Å². The summed E-state index contributed by atoms with van der Waals surface area (Å²) in [6.07, 6.45) is 6.29. The largest absolute Gasteiger partial charge is 0.343 e. The van der Waals surface area contributed by atoms with Crippen LogP contribution in [0.25, 0.3) is 10.9 Å². The van der Waals surface area contributed by atoms with Gasteiger partial charge in [0.25, 0.3) is 5.56 Å². The number of nitrogens with one attached hydrogen (secondary N) is 1. The molecule has 96 valence electrons. The Morgan fingerprint density at radius 1 is 1.28 bits per heavy atom. The SMILES string of the molecule is Cn1ccc2ccn(CC3CCNCC3)c2c1=O. The van der Waals surface area contributed by atoms with E-state index in [0.717, 1.165) is 30.5 Å². The molecule has 0 spiro atoms. The van der Waals surface area contributed by atoms with Crippen molar-refractivity contribution in [2.75, 3.05) is 13.1 Å². The third-order valence-electron chi connectivity index (χ3n) is 3.91. The predicted molar refractivity (Wildman–Crippen MR) is 72.8 cm³/mol. The van der Waals surface area contributed by atoms with Crippen LogP contribution >= 0.6 is 0 Å². The summed E-state index contributed by atoms with van der Waals surface area (Å²) in [5.41, 5.74) is 0.949. The predicted octanol–water partition coefficient (Wildman–Crippen LogP) is 1.34. The fraction of sp³-hybridized carbons (Fsp3) is 0.500. The van der Waals surface area contributed by atoms with Gasteiger partial charge in [-0.05, 0) is 44.0 Å². The van der Waals surface area contributed by atoms with Gasteiger partial charge in [-0.25, -0.2) is 0 Å². The van der Waals surface area contributed by atoms with Crippen LogP contribution in [0.3, 0.4) is 0 Å². The second kappa shape index (κ2) is 4.61. The Morgan fingerprint density at radius 2 is 2.00 bits per heavy atom. The first-order chi connectivity index (χ1) is 8.75. The van der Waals surface area contributed by atoms with Gasteiger partial charge in [0.15, 0.2) is 0 Å². The molecule has 0 bridgehead atoms. The number of hydrogen-bond acceptors (Lipinski definition) is 2. The summed E-state index contributed by atoms with van der Waals surface area (Å²) in [4.78, 5) is 12.2. The first-order valence-corrected chi connectivity index (χ1v) is 6.61. The molecule has 1 aliphatic heterocycles. The first kappa shape index (κ1) is 11.5. The van der Waals surface area contributed by atoms with Gasteiger partial charge in [-0.3, -0.25) is 4.79 Å². The van der Waals surface area contributed by atoms with E-state index >= 15 is 0 Å². The topological polar surface area (TPSA) is 39.0 Å². The lowest BCUT2D eigenvalue weighted by Crippen LogP contribution is -2.30. The quantitative estimate of drug-likeness (QED) is 0.867. The zero-order valence-electron chi connectivity index (χ0n) is 10.7. The number of pyridine rings is 1. The summed E-state index contributed by atoms with van der Waals surface area (Å²) in [6.45, 7) is 3.16. The molecule has 0 amide bonds. The molecule has 0 saturated carbocycles. The van der Waals surface area contributed by atoms with E-state index in [2.05, 4.69) is 9.88 Å². The van der Waals surface area contributed by atoms with Crippen LogP contribution in [0.5, 0.6) is 0 Å². The van der Waals surface area contributed by atoms with Crippen LogP contribution < -0.4 is 10.9 Å². The van der Waals surface area contributed by atoms with Crippen LogP contribution in [0.4, 0.5) is 0 Å². The third kappa shape index (κ3) is 1.97. The van der Waals surface area contributed by atoms with Crippen molar-refractivity contribution >= 4 is 10.9 Å². The molecule has 3 rings (SSSR count). The van der Waals surface area contributed by atoms with Crippen LogP contribution in [0.15, 0.2) is 29.3 Å². The third-order valence-corrected chi connectivity index (χ3v) is 3.91. The van der Waals surface area contributed by atoms with E-state index in [1.165, 1.54) is 12.8 Å². The van der Waals surface area contributed by atoms with Gasteiger partial charge < -0.3 is 14.5 Å². The zero-order chi connectivity index (χ0) is 12.5. The lowest BCUT2D eigenvalue weighted by molar-refractivity contribution is 0.336. The van der Waals surface area contributed by atoms with E-state index in [1.54, 1.807) is 4.57 Å². The van der Waals surface area contributed by atoms with Crippen molar-refractivity contribution in [1.29, 1.82) is 0 Å². The molecule has 0 radical (unpaired) electrons. The maximum Gasteiger partial charge on any atom is 0.274 e. The fourth-order valence-electron chi connectivity index (χ4n) is 2.79. The number of rotatable bonds is 2. The standard InChI is InChI=1S/C14H19N3O/c1-16-8-4-12-5-9-17(13(12)14(16)18)10-11-2-6-15-7-3-11/h4-5,8-9,11,15H,2-3,6-7,10H2,1H3. The lowest BCUT2D eigenvalue weighted by Gasteiger charge is -2.23. The summed E-state index contributed by atoms with van der Waals surface area (Å²) >= 11 is 0. The van der Waals surface area contributed by atoms with Crippen LogP contribution in [0.2, 0.25) is 0 Å². The number of fused-ring (bicyclic) bond motifs is 1. The number of aryl methyl sites for hydroxylation is 1. The maximum atomic E-state index is 12.2. The lowest BCUT2D eigenvalue weighted by atomic mass is 9.98. The highest BCUT2D eigenvalue weighted by atomic mass is 16.1. The Labute approximate surface area is 106 Å². The molecule has 0 atom stereocenters. The monoisotopic (exact) mass is 245 g/mol. The Morgan fingerprint density at radius 3 is 2.78 bits per heavy atom. The average Bonchev–Trinajstić information content (AvgIpc) is 2.79. The maximum absolute atomic E-state index is 12.2. The Bertz CT molecular complexity index is 605. The van der Waals surface area contributed by atoms with E-state index in [-0.39, 0.29) is 5.56 Å². The van der Waals surface area contributed by atoms with Gasteiger partial charge in [0.1, 0.15) is 5.52 Å². The van der Waals surface area contributed by atoms with E-state index in [1.807, 2.05) is 31.6 Å². The average molecular weight is 245 g/mol. The minimum atomic E-state index is 0.103. The molecular weight excluding hydrogens is 226 g/mol. The van der Waals surface area contributed by atoms with E-state index in [4.69, 9.17) is 0 Å². The molecule has 0 unspecified atom stereocenters. The van der Waals surface area contributed by atoms with Crippen LogP contribution in [0.1, 0.15) is 12.8 Å². The molecule has 3 heterocycles. The Hall–Kier alpha value is -1.55. The molecule has 18 heavy (non-hydrogen) atoms. The normalized spacial score (nSPS) is 17.4. The number of piperidine rings is 1. The highest BCUT2D eigenvalue weighted by Crippen LogP contribution is 2.18. The van der Waals surface area contributed by atoms with Crippen LogP contribution in [-0.4, -0.2) is 22.2 Å². The van der Waals surface area contributed by atoms with Crippen molar-refractivity contribution in [3.05, 3.63) is 34.9 Å². The molecule has 0 aromatic carbocycles. The molecular formula is C14H19N3O. The molecule has 2 aromatic rings. The summed E-state index contributed by atoms with van der Waals surface area (Å²) in [6, 6.07) is 4.05. The fourth-order valence-corrected chi connectivity index (χ4v) is 2.79. The van der Waals surface area contributed by atoms with E-state index < -0.39 is 0 Å². The zero-order valence-corrected chi connectivity index (χ0v) is 10.7. The molecule has 2 aromatic heterocycles. The van der Waals surface area contributed by atoms with Gasteiger partial charge >= 0.3 is 0 Å². The van der Waals surface area contributed by atoms with Gasteiger partial charge in [0.05, 0.1) is 0 Å². The summed E-state index contributed by atoms with van der Waals surface area (Å²) in [7, 11) is 1.81. The first-order valence-electron chi connectivity index (χ1n) is 6.61. The Balaban J connectivity index is 1.96.